The van der Waals surface area contributed by atoms with E-state index in [4.69, 9.17) is 4.74 Å². The van der Waals surface area contributed by atoms with Crippen LogP contribution in [-0.4, -0.2) is 22.9 Å². The van der Waals surface area contributed by atoms with Gasteiger partial charge in [0.2, 0.25) is 5.12 Å². The highest BCUT2D eigenvalue weighted by Crippen LogP contribution is 2.31. The fourth-order valence-corrected chi connectivity index (χ4v) is 3.23. The molecule has 0 fully saturated rings. The Morgan fingerprint density at radius 3 is 2.83 bits per heavy atom. The van der Waals surface area contributed by atoms with E-state index in [1.807, 2.05) is 24.5 Å². The topological polar surface area (TPSA) is 38.7 Å². The number of hydrogen-bond donors (Lipinski definition) is 0. The van der Waals surface area contributed by atoms with Gasteiger partial charge < -0.3 is 4.74 Å². The van der Waals surface area contributed by atoms with Crippen LogP contribution < -0.4 is 4.74 Å². The van der Waals surface area contributed by atoms with Gasteiger partial charge in [-0.25, -0.2) is 4.99 Å². The molecular formula is C12H10BrNO2S2. The van der Waals surface area contributed by atoms with Crippen molar-refractivity contribution >= 4 is 55.0 Å². The average molecular weight is 344 g/mol. The second kappa shape index (κ2) is 5.95. The van der Waals surface area contributed by atoms with Gasteiger partial charge in [0.05, 0.1) is 11.6 Å². The van der Waals surface area contributed by atoms with Crippen LogP contribution in [-0.2, 0) is 4.79 Å². The molecule has 1 aliphatic rings. The maximum atomic E-state index is 11.7. The molecule has 18 heavy (non-hydrogen) atoms. The maximum absolute atomic E-state index is 11.7. The molecule has 6 heteroatoms. The van der Waals surface area contributed by atoms with Crippen LogP contribution >= 0.6 is 39.5 Å². The van der Waals surface area contributed by atoms with E-state index < -0.39 is 0 Å². The fraction of sp³-hybridized carbons (Fsp3) is 0.167. The van der Waals surface area contributed by atoms with E-state index >= 15 is 0 Å². The molecule has 0 atom stereocenters. The van der Waals surface area contributed by atoms with Gasteiger partial charge in [0.25, 0.3) is 0 Å². The molecule has 2 rings (SSSR count). The molecule has 0 aliphatic carbocycles. The first kappa shape index (κ1) is 13.7. The third-order valence-corrected chi connectivity index (χ3v) is 4.73. The minimum atomic E-state index is -0.00806. The third kappa shape index (κ3) is 2.99. The Balaban J connectivity index is 2.31. The summed E-state index contributed by atoms with van der Waals surface area (Å²) in [6, 6.07) is 5.64. The van der Waals surface area contributed by atoms with Crippen molar-refractivity contribution in [3.05, 3.63) is 33.9 Å². The molecule has 0 aromatic heterocycles. The van der Waals surface area contributed by atoms with E-state index in [1.54, 1.807) is 13.2 Å². The van der Waals surface area contributed by atoms with Crippen LogP contribution in [0.15, 0.2) is 33.4 Å². The van der Waals surface area contributed by atoms with Gasteiger partial charge in [0.1, 0.15) is 15.8 Å². The minimum absolute atomic E-state index is 0.00806. The monoisotopic (exact) mass is 343 g/mol. The lowest BCUT2D eigenvalue weighted by Gasteiger charge is -2.03. The molecule has 0 spiro atoms. The van der Waals surface area contributed by atoms with E-state index in [-0.39, 0.29) is 5.12 Å². The van der Waals surface area contributed by atoms with Crippen LogP contribution in [0.25, 0.3) is 6.08 Å². The van der Waals surface area contributed by atoms with Gasteiger partial charge in [0.15, 0.2) is 0 Å². The summed E-state index contributed by atoms with van der Waals surface area (Å²) in [7, 11) is 1.62. The summed E-state index contributed by atoms with van der Waals surface area (Å²) in [6.07, 6.45) is 3.69. The normalized spacial score (nSPS) is 17.2. The number of rotatable bonds is 2. The van der Waals surface area contributed by atoms with E-state index in [0.29, 0.717) is 5.70 Å². The molecule has 0 saturated carbocycles. The number of nitrogens with zero attached hydrogens (tertiary/aromatic N) is 1. The van der Waals surface area contributed by atoms with Crippen LogP contribution in [0.2, 0.25) is 0 Å². The first-order valence-electron chi connectivity index (χ1n) is 5.04. The minimum Gasteiger partial charge on any atom is -0.496 e. The molecule has 1 heterocycles. The SMILES string of the molecule is COc1ccc(/C=C2\N=C(SC)SC2=O)cc1Br. The second-order valence-corrected chi connectivity index (χ2v) is 6.26. The zero-order valence-corrected chi connectivity index (χ0v) is 13.0. The lowest BCUT2D eigenvalue weighted by molar-refractivity contribution is -0.107. The third-order valence-electron chi connectivity index (χ3n) is 2.25. The smallest absolute Gasteiger partial charge is 0.244 e. The van der Waals surface area contributed by atoms with Crippen molar-refractivity contribution in [1.29, 1.82) is 0 Å². The predicted octanol–water partition coefficient (Wildman–Crippen LogP) is 3.79. The van der Waals surface area contributed by atoms with Gasteiger partial charge in [-0.2, -0.15) is 0 Å². The van der Waals surface area contributed by atoms with E-state index in [9.17, 15) is 4.79 Å². The maximum Gasteiger partial charge on any atom is 0.244 e. The zero-order valence-electron chi connectivity index (χ0n) is 9.77. The fourth-order valence-electron chi connectivity index (χ4n) is 1.41. The van der Waals surface area contributed by atoms with Crippen LogP contribution in [0.3, 0.4) is 0 Å². The van der Waals surface area contributed by atoms with Crippen LogP contribution in [0, 0.1) is 0 Å². The highest BCUT2D eigenvalue weighted by Gasteiger charge is 2.21. The second-order valence-electron chi connectivity index (χ2n) is 3.39. The summed E-state index contributed by atoms with van der Waals surface area (Å²) in [4.78, 5) is 15.9. The molecule has 0 N–H and O–H groups in total. The first-order chi connectivity index (χ1) is 8.63. The molecule has 0 bridgehead atoms. The Morgan fingerprint density at radius 2 is 2.28 bits per heavy atom. The summed E-state index contributed by atoms with van der Waals surface area (Å²) in [5.74, 6) is 0.762. The molecule has 1 aromatic rings. The number of benzene rings is 1. The molecule has 1 aliphatic heterocycles. The van der Waals surface area contributed by atoms with Crippen LogP contribution in [0.4, 0.5) is 0 Å². The van der Waals surface area contributed by atoms with E-state index in [0.717, 1.165) is 20.2 Å². The van der Waals surface area contributed by atoms with Crippen molar-refractivity contribution in [2.45, 2.75) is 0 Å². The number of carbonyl (C=O) groups is 1. The highest BCUT2D eigenvalue weighted by molar-refractivity contribution is 9.10. The summed E-state index contributed by atoms with van der Waals surface area (Å²) >= 11 is 6.07. The summed E-state index contributed by atoms with van der Waals surface area (Å²) in [6.45, 7) is 0. The average Bonchev–Trinajstić information content (AvgIpc) is 2.70. The molecule has 1 aromatic carbocycles. The standard InChI is InChI=1S/C12H10BrNO2S2/c1-16-10-4-3-7(5-8(10)13)6-9-11(15)18-12(14-9)17-2/h3-6H,1-2H3/b9-6-. The lowest BCUT2D eigenvalue weighted by atomic mass is 10.2. The Hall–Kier alpha value is -0.720. The largest absolute Gasteiger partial charge is 0.496 e. The van der Waals surface area contributed by atoms with Crippen molar-refractivity contribution < 1.29 is 9.53 Å². The number of methoxy groups -OCH3 is 1. The number of ether oxygens (including phenoxy) is 1. The van der Waals surface area contributed by atoms with Crippen molar-refractivity contribution in [3.63, 3.8) is 0 Å². The quantitative estimate of drug-likeness (QED) is 0.765. The molecule has 0 amide bonds. The van der Waals surface area contributed by atoms with Crippen molar-refractivity contribution in [3.8, 4) is 5.75 Å². The number of hydrogen-bond acceptors (Lipinski definition) is 5. The van der Waals surface area contributed by atoms with Gasteiger partial charge in [-0.05, 0) is 57.7 Å². The van der Waals surface area contributed by atoms with E-state index in [2.05, 4.69) is 20.9 Å². The van der Waals surface area contributed by atoms with Gasteiger partial charge in [-0.3, -0.25) is 4.79 Å². The molecule has 0 saturated heterocycles. The Labute approximate surface area is 122 Å². The molecule has 3 nitrogen and oxygen atoms in total. The lowest BCUT2D eigenvalue weighted by Crippen LogP contribution is -1.89. The number of halogens is 1. The molecule has 94 valence electrons. The van der Waals surface area contributed by atoms with Crippen LogP contribution in [0.5, 0.6) is 5.75 Å². The molecule has 0 radical (unpaired) electrons. The van der Waals surface area contributed by atoms with Gasteiger partial charge in [0, 0.05) is 0 Å². The van der Waals surface area contributed by atoms with Crippen molar-refractivity contribution in [1.82, 2.24) is 0 Å². The predicted molar refractivity (Wildman–Crippen MR) is 82.2 cm³/mol. The Morgan fingerprint density at radius 1 is 1.50 bits per heavy atom. The molecule has 0 unspecified atom stereocenters. The number of carbonyl (C=O) groups excluding carboxylic acids is 1. The molecular weight excluding hydrogens is 334 g/mol. The number of aliphatic imine (C=N–C) groups is 1. The van der Waals surface area contributed by atoms with Gasteiger partial charge in [-0.15, -0.1) is 11.8 Å². The Bertz CT molecular complexity index is 555. The van der Waals surface area contributed by atoms with Gasteiger partial charge in [-0.1, -0.05) is 6.07 Å². The zero-order chi connectivity index (χ0) is 13.1. The Kier molecular flexibility index (Phi) is 4.53. The van der Waals surface area contributed by atoms with Crippen molar-refractivity contribution in [2.24, 2.45) is 4.99 Å². The summed E-state index contributed by atoms with van der Waals surface area (Å²) in [5, 5.41) is -0.00806. The van der Waals surface area contributed by atoms with E-state index in [1.165, 1.54) is 23.5 Å². The van der Waals surface area contributed by atoms with Gasteiger partial charge >= 0.3 is 0 Å². The van der Waals surface area contributed by atoms with Crippen molar-refractivity contribution in [2.75, 3.05) is 13.4 Å². The highest BCUT2D eigenvalue weighted by atomic mass is 79.9. The number of thioether (sulfide) groups is 2. The summed E-state index contributed by atoms with van der Waals surface area (Å²) in [5.41, 5.74) is 1.40. The first-order valence-corrected chi connectivity index (χ1v) is 7.87. The van der Waals surface area contributed by atoms with Crippen LogP contribution in [0.1, 0.15) is 5.56 Å². The summed E-state index contributed by atoms with van der Waals surface area (Å²) < 4.78 is 6.80.